The molecule has 1 aliphatic rings. The summed E-state index contributed by atoms with van der Waals surface area (Å²) < 4.78 is 37.5. The van der Waals surface area contributed by atoms with Gasteiger partial charge < -0.3 is 10.0 Å². The van der Waals surface area contributed by atoms with Crippen LogP contribution in [-0.4, -0.2) is 74.3 Å². The van der Waals surface area contributed by atoms with Crippen LogP contribution in [0.1, 0.15) is 24.8 Å². The van der Waals surface area contributed by atoms with Gasteiger partial charge in [-0.25, -0.2) is 17.5 Å². The predicted molar refractivity (Wildman–Crippen MR) is 101 cm³/mol. The number of benzene rings is 1. The van der Waals surface area contributed by atoms with Gasteiger partial charge in [-0.1, -0.05) is 12.1 Å². The summed E-state index contributed by atoms with van der Waals surface area (Å²) in [5, 5.41) is 11.0. The number of carbonyl (C=O) groups excluding carboxylic acids is 1. The quantitative estimate of drug-likeness (QED) is 0.697. The van der Waals surface area contributed by atoms with E-state index in [0.29, 0.717) is 45.4 Å². The summed E-state index contributed by atoms with van der Waals surface area (Å²) in [6.07, 6.45) is 2.64. The van der Waals surface area contributed by atoms with Gasteiger partial charge in [-0.05, 0) is 44.0 Å². The molecule has 1 fully saturated rings. The lowest BCUT2D eigenvalue weighted by Crippen LogP contribution is -2.43. The number of halogens is 1. The molecule has 0 spiro atoms. The van der Waals surface area contributed by atoms with E-state index in [1.807, 2.05) is 11.9 Å². The van der Waals surface area contributed by atoms with Gasteiger partial charge >= 0.3 is 0 Å². The summed E-state index contributed by atoms with van der Waals surface area (Å²) in [6.45, 7) is 1.64. The molecule has 0 saturated carbocycles. The van der Waals surface area contributed by atoms with Gasteiger partial charge in [0.2, 0.25) is 15.9 Å². The van der Waals surface area contributed by atoms with E-state index in [9.17, 15) is 22.7 Å². The first-order valence-electron chi connectivity index (χ1n) is 8.94. The fraction of sp³-hybridized carbons (Fsp3) is 0.611. The van der Waals surface area contributed by atoms with Crippen molar-refractivity contribution in [3.8, 4) is 0 Å². The maximum atomic E-state index is 13.0. The Kier molecular flexibility index (Phi) is 7.32. The third-order valence-corrected chi connectivity index (χ3v) is 5.35. The van der Waals surface area contributed by atoms with Crippen molar-refractivity contribution in [3.05, 3.63) is 35.6 Å². The van der Waals surface area contributed by atoms with Crippen molar-refractivity contribution >= 4 is 15.9 Å². The van der Waals surface area contributed by atoms with Gasteiger partial charge in [0.15, 0.2) is 0 Å². The Bertz CT molecular complexity index is 741. The minimum Gasteiger partial charge on any atom is -0.388 e. The number of hydrogen-bond acceptors (Lipinski definition) is 5. The molecular formula is C18H28FN3O4S. The van der Waals surface area contributed by atoms with Gasteiger partial charge in [-0.15, -0.1) is 0 Å². The van der Waals surface area contributed by atoms with Crippen molar-refractivity contribution in [1.82, 2.24) is 14.5 Å². The Morgan fingerprint density at radius 2 is 1.96 bits per heavy atom. The molecule has 1 aliphatic heterocycles. The van der Waals surface area contributed by atoms with Crippen molar-refractivity contribution in [2.75, 3.05) is 39.5 Å². The van der Waals surface area contributed by atoms with E-state index in [1.54, 1.807) is 17.0 Å². The zero-order valence-electron chi connectivity index (χ0n) is 15.8. The summed E-state index contributed by atoms with van der Waals surface area (Å²) in [6, 6.07) is 6.27. The summed E-state index contributed by atoms with van der Waals surface area (Å²) >= 11 is 0. The molecular weight excluding hydrogens is 373 g/mol. The molecule has 1 aromatic carbocycles. The lowest BCUT2D eigenvalue weighted by molar-refractivity contribution is -0.130. The molecule has 9 heteroatoms. The lowest BCUT2D eigenvalue weighted by atomic mass is 9.94. The Balaban J connectivity index is 1.87. The Morgan fingerprint density at radius 3 is 2.59 bits per heavy atom. The topological polar surface area (TPSA) is 89.9 Å². The molecule has 0 aromatic heterocycles. The second kappa shape index (κ2) is 9.09. The van der Waals surface area contributed by atoms with Gasteiger partial charge in [0, 0.05) is 26.2 Å². The average molecular weight is 402 g/mol. The summed E-state index contributed by atoms with van der Waals surface area (Å²) in [5.41, 5.74) is 0.0356. The van der Waals surface area contributed by atoms with Gasteiger partial charge in [-0.3, -0.25) is 9.69 Å². The van der Waals surface area contributed by atoms with Crippen LogP contribution in [0.4, 0.5) is 4.39 Å². The van der Waals surface area contributed by atoms with Gasteiger partial charge in [0.1, 0.15) is 5.82 Å². The van der Waals surface area contributed by atoms with Crippen LogP contribution >= 0.6 is 0 Å². The fourth-order valence-corrected chi connectivity index (χ4v) is 3.74. The van der Waals surface area contributed by atoms with Crippen LogP contribution in [0.15, 0.2) is 24.3 Å². The van der Waals surface area contributed by atoms with E-state index in [2.05, 4.69) is 4.72 Å². The molecule has 7 nitrogen and oxygen atoms in total. The molecule has 0 bridgehead atoms. The average Bonchev–Trinajstić information content (AvgIpc) is 2.76. The largest absolute Gasteiger partial charge is 0.388 e. The van der Waals surface area contributed by atoms with Crippen LogP contribution < -0.4 is 4.72 Å². The van der Waals surface area contributed by atoms with Crippen molar-refractivity contribution in [3.63, 3.8) is 0 Å². The molecule has 27 heavy (non-hydrogen) atoms. The minimum atomic E-state index is -3.42. The summed E-state index contributed by atoms with van der Waals surface area (Å²) in [5.74, 6) is -0.566. The van der Waals surface area contributed by atoms with Crippen LogP contribution in [0.3, 0.4) is 0 Å². The van der Waals surface area contributed by atoms with Crippen LogP contribution in [0.25, 0.3) is 0 Å². The first-order chi connectivity index (χ1) is 12.6. The first-order valence-corrected chi connectivity index (χ1v) is 10.8. The van der Waals surface area contributed by atoms with Gasteiger partial charge in [0.05, 0.1) is 18.4 Å². The van der Waals surface area contributed by atoms with E-state index in [1.165, 1.54) is 12.1 Å². The third-order valence-electron chi connectivity index (χ3n) is 4.69. The Labute approximate surface area is 160 Å². The van der Waals surface area contributed by atoms with E-state index in [-0.39, 0.29) is 18.3 Å². The number of likely N-dealkylation sites (N-methyl/N-ethyl adjacent to an activating group) is 1. The smallest absolute Gasteiger partial charge is 0.237 e. The van der Waals surface area contributed by atoms with E-state index >= 15 is 0 Å². The second-order valence-corrected chi connectivity index (χ2v) is 9.18. The van der Waals surface area contributed by atoms with Crippen LogP contribution in [0, 0.1) is 5.82 Å². The van der Waals surface area contributed by atoms with Crippen LogP contribution in [0.5, 0.6) is 0 Å². The number of amides is 1. The SMILES string of the molecule is CN(Cc1ccc(F)cc1)CC1(O)CCCN(C(=O)CNS(C)(=O)=O)CC1. The molecule has 1 atom stereocenters. The van der Waals surface area contributed by atoms with Crippen LogP contribution in [-0.2, 0) is 21.4 Å². The summed E-state index contributed by atoms with van der Waals surface area (Å²) in [7, 11) is -1.52. The molecule has 152 valence electrons. The van der Waals surface area contributed by atoms with E-state index < -0.39 is 15.6 Å². The maximum absolute atomic E-state index is 13.0. The molecule has 1 aromatic rings. The van der Waals surface area contributed by atoms with Crippen LogP contribution in [0.2, 0.25) is 0 Å². The van der Waals surface area contributed by atoms with Gasteiger partial charge in [-0.2, -0.15) is 0 Å². The number of carbonyl (C=O) groups is 1. The molecule has 2 rings (SSSR count). The zero-order valence-corrected chi connectivity index (χ0v) is 16.6. The minimum absolute atomic E-state index is 0.262. The standard InChI is InChI=1S/C18H28FN3O4S/c1-21(13-15-4-6-16(19)7-5-15)14-18(24)8-3-10-22(11-9-18)17(23)12-20-27(2,25)26/h4-7,20,24H,3,8-14H2,1-2H3. The molecule has 1 heterocycles. The normalized spacial score (nSPS) is 21.3. The zero-order chi connectivity index (χ0) is 20.1. The molecule has 1 amide bonds. The predicted octanol–water partition coefficient (Wildman–Crippen LogP) is 0.550. The highest BCUT2D eigenvalue weighted by molar-refractivity contribution is 7.88. The lowest BCUT2D eigenvalue weighted by Gasteiger charge is -2.31. The maximum Gasteiger partial charge on any atom is 0.237 e. The molecule has 0 aliphatic carbocycles. The molecule has 1 saturated heterocycles. The van der Waals surface area contributed by atoms with E-state index in [0.717, 1.165) is 11.8 Å². The Hall–Kier alpha value is -1.55. The van der Waals surface area contributed by atoms with Gasteiger partial charge in [0.25, 0.3) is 0 Å². The number of hydrogen-bond donors (Lipinski definition) is 2. The highest BCUT2D eigenvalue weighted by Gasteiger charge is 2.32. The summed E-state index contributed by atoms with van der Waals surface area (Å²) in [4.78, 5) is 15.8. The highest BCUT2D eigenvalue weighted by Crippen LogP contribution is 2.24. The third kappa shape index (κ3) is 7.53. The van der Waals surface area contributed by atoms with E-state index in [4.69, 9.17) is 0 Å². The first kappa shape index (κ1) is 21.7. The number of aliphatic hydroxyl groups is 1. The molecule has 0 radical (unpaired) electrons. The highest BCUT2D eigenvalue weighted by atomic mass is 32.2. The second-order valence-electron chi connectivity index (χ2n) is 7.35. The number of rotatable bonds is 7. The van der Waals surface area contributed by atoms with Crippen molar-refractivity contribution in [2.24, 2.45) is 0 Å². The number of sulfonamides is 1. The van der Waals surface area contributed by atoms with Crippen molar-refractivity contribution in [2.45, 2.75) is 31.4 Å². The van der Waals surface area contributed by atoms with Crippen molar-refractivity contribution in [1.29, 1.82) is 0 Å². The monoisotopic (exact) mass is 401 g/mol. The number of likely N-dealkylation sites (tertiary alicyclic amines) is 1. The molecule has 1 unspecified atom stereocenters. The van der Waals surface area contributed by atoms with Crippen molar-refractivity contribution < 1.29 is 22.7 Å². The molecule has 2 N–H and O–H groups in total. The fourth-order valence-electron chi connectivity index (χ4n) is 3.35. The number of nitrogens with one attached hydrogen (secondary N) is 1. The number of nitrogens with zero attached hydrogens (tertiary/aromatic N) is 2. The Morgan fingerprint density at radius 1 is 1.30 bits per heavy atom.